The van der Waals surface area contributed by atoms with Crippen LogP contribution < -0.4 is 10.5 Å². The average Bonchev–Trinajstić information content (AvgIpc) is 2.70. The summed E-state index contributed by atoms with van der Waals surface area (Å²) in [6, 6.07) is 7.86. The Morgan fingerprint density at radius 3 is 2.81 bits per heavy atom. The second kappa shape index (κ2) is 4.37. The maximum Gasteiger partial charge on any atom is 0.126 e. The molecule has 3 N–H and O–H groups in total. The summed E-state index contributed by atoms with van der Waals surface area (Å²) in [4.78, 5) is 0. The molecule has 4 nitrogen and oxygen atoms in total. The largest absolute Gasteiger partial charge is 0.496 e. The summed E-state index contributed by atoms with van der Waals surface area (Å²) in [5.74, 6) is 0.835. The number of hydrogen-bond donors (Lipinski definition) is 2. The maximum absolute atomic E-state index is 5.67. The van der Waals surface area contributed by atoms with Crippen LogP contribution in [-0.2, 0) is 6.54 Å². The number of benzene rings is 1. The van der Waals surface area contributed by atoms with Crippen molar-refractivity contribution in [3.8, 4) is 16.9 Å². The number of aromatic nitrogens is 2. The van der Waals surface area contributed by atoms with Crippen molar-refractivity contribution < 1.29 is 4.74 Å². The molecule has 0 atom stereocenters. The number of aromatic amines is 1. The summed E-state index contributed by atoms with van der Waals surface area (Å²) in [5.41, 5.74) is 9.60. The van der Waals surface area contributed by atoms with Crippen LogP contribution in [0.3, 0.4) is 0 Å². The number of rotatable bonds is 3. The highest BCUT2D eigenvalue weighted by molar-refractivity contribution is 5.74. The van der Waals surface area contributed by atoms with Crippen molar-refractivity contribution in [1.82, 2.24) is 10.2 Å². The van der Waals surface area contributed by atoms with Gasteiger partial charge in [-0.3, -0.25) is 5.10 Å². The van der Waals surface area contributed by atoms with E-state index in [1.165, 1.54) is 0 Å². The predicted molar refractivity (Wildman–Crippen MR) is 63.2 cm³/mol. The average molecular weight is 217 g/mol. The highest BCUT2D eigenvalue weighted by Crippen LogP contribution is 2.33. The molecule has 0 spiro atoms. The molecule has 0 unspecified atom stereocenters. The fraction of sp³-hybridized carbons (Fsp3) is 0.250. The SMILES string of the molecule is COc1ccccc1-c1c(CN)n[nH]c1C. The molecule has 0 amide bonds. The Hall–Kier alpha value is -1.81. The van der Waals surface area contributed by atoms with Gasteiger partial charge in [0.25, 0.3) is 0 Å². The molecule has 0 aliphatic carbocycles. The highest BCUT2D eigenvalue weighted by Gasteiger charge is 2.14. The number of H-pyrrole nitrogens is 1. The number of ether oxygens (including phenoxy) is 1. The number of nitrogens with two attached hydrogens (primary N) is 1. The van der Waals surface area contributed by atoms with E-state index in [9.17, 15) is 0 Å². The third-order valence-electron chi connectivity index (χ3n) is 2.59. The second-order valence-corrected chi connectivity index (χ2v) is 3.57. The van der Waals surface area contributed by atoms with Gasteiger partial charge in [-0.05, 0) is 13.0 Å². The van der Waals surface area contributed by atoms with Gasteiger partial charge in [-0.25, -0.2) is 0 Å². The van der Waals surface area contributed by atoms with Gasteiger partial charge in [0, 0.05) is 23.4 Å². The van der Waals surface area contributed by atoms with E-state index < -0.39 is 0 Å². The quantitative estimate of drug-likeness (QED) is 0.824. The molecule has 2 rings (SSSR count). The van der Waals surface area contributed by atoms with E-state index in [0.29, 0.717) is 6.54 Å². The first-order valence-electron chi connectivity index (χ1n) is 5.15. The van der Waals surface area contributed by atoms with E-state index in [-0.39, 0.29) is 0 Å². The van der Waals surface area contributed by atoms with E-state index in [0.717, 1.165) is 28.3 Å². The zero-order valence-electron chi connectivity index (χ0n) is 9.45. The Bertz CT molecular complexity index is 491. The molecule has 16 heavy (non-hydrogen) atoms. The molecule has 4 heteroatoms. The molecule has 1 aromatic heterocycles. The maximum atomic E-state index is 5.67. The number of hydrogen-bond acceptors (Lipinski definition) is 3. The van der Waals surface area contributed by atoms with Gasteiger partial charge < -0.3 is 10.5 Å². The Morgan fingerprint density at radius 1 is 1.38 bits per heavy atom. The summed E-state index contributed by atoms with van der Waals surface area (Å²) in [5, 5.41) is 7.13. The minimum absolute atomic E-state index is 0.414. The topological polar surface area (TPSA) is 63.9 Å². The Morgan fingerprint density at radius 2 is 2.12 bits per heavy atom. The van der Waals surface area contributed by atoms with Gasteiger partial charge in [0.05, 0.1) is 12.8 Å². The molecule has 0 radical (unpaired) electrons. The fourth-order valence-corrected chi connectivity index (χ4v) is 1.84. The molecule has 2 aromatic rings. The van der Waals surface area contributed by atoms with Crippen molar-refractivity contribution >= 4 is 0 Å². The van der Waals surface area contributed by atoms with Gasteiger partial charge in [0.15, 0.2) is 0 Å². The lowest BCUT2D eigenvalue weighted by atomic mass is 10.0. The van der Waals surface area contributed by atoms with Gasteiger partial charge in [-0.1, -0.05) is 18.2 Å². The molecule has 1 heterocycles. The van der Waals surface area contributed by atoms with Crippen molar-refractivity contribution in [3.63, 3.8) is 0 Å². The Labute approximate surface area is 94.4 Å². The normalized spacial score (nSPS) is 10.4. The molecule has 0 fully saturated rings. The molecule has 0 aliphatic rings. The first-order valence-corrected chi connectivity index (χ1v) is 5.15. The molecule has 0 aliphatic heterocycles. The van der Waals surface area contributed by atoms with Gasteiger partial charge in [0.1, 0.15) is 5.75 Å². The van der Waals surface area contributed by atoms with Gasteiger partial charge in [0.2, 0.25) is 0 Å². The number of methoxy groups -OCH3 is 1. The van der Waals surface area contributed by atoms with Crippen molar-refractivity contribution in [1.29, 1.82) is 0 Å². The molecule has 1 aromatic carbocycles. The van der Waals surface area contributed by atoms with Gasteiger partial charge in [-0.15, -0.1) is 0 Å². The summed E-state index contributed by atoms with van der Waals surface area (Å²) in [6.45, 7) is 2.39. The minimum atomic E-state index is 0.414. The molecule has 0 bridgehead atoms. The summed E-state index contributed by atoms with van der Waals surface area (Å²) in [7, 11) is 1.66. The number of para-hydroxylation sites is 1. The fourth-order valence-electron chi connectivity index (χ4n) is 1.84. The molecule has 0 saturated carbocycles. The lowest BCUT2D eigenvalue weighted by Crippen LogP contribution is -1.99. The Balaban J connectivity index is 2.61. The standard InChI is InChI=1S/C12H15N3O/c1-8-12(10(7-13)15-14-8)9-5-3-4-6-11(9)16-2/h3-6H,7,13H2,1-2H3,(H,14,15). The Kier molecular flexibility index (Phi) is 2.92. The summed E-state index contributed by atoms with van der Waals surface area (Å²) >= 11 is 0. The van der Waals surface area contributed by atoms with Crippen LogP contribution >= 0.6 is 0 Å². The third kappa shape index (κ3) is 1.67. The van der Waals surface area contributed by atoms with Crippen molar-refractivity contribution in [2.75, 3.05) is 7.11 Å². The van der Waals surface area contributed by atoms with Crippen LogP contribution in [0.5, 0.6) is 5.75 Å². The molecular weight excluding hydrogens is 202 g/mol. The van der Waals surface area contributed by atoms with Crippen LogP contribution in [0.1, 0.15) is 11.4 Å². The van der Waals surface area contributed by atoms with Crippen LogP contribution in [-0.4, -0.2) is 17.3 Å². The van der Waals surface area contributed by atoms with Gasteiger partial charge >= 0.3 is 0 Å². The second-order valence-electron chi connectivity index (χ2n) is 3.57. The monoisotopic (exact) mass is 217 g/mol. The first kappa shape index (κ1) is 10.7. The zero-order valence-corrected chi connectivity index (χ0v) is 9.45. The third-order valence-corrected chi connectivity index (χ3v) is 2.59. The first-order chi connectivity index (χ1) is 7.77. The zero-order chi connectivity index (χ0) is 11.5. The van der Waals surface area contributed by atoms with E-state index in [2.05, 4.69) is 10.2 Å². The van der Waals surface area contributed by atoms with E-state index in [1.807, 2.05) is 31.2 Å². The van der Waals surface area contributed by atoms with Crippen LogP contribution in [0.25, 0.3) is 11.1 Å². The summed E-state index contributed by atoms with van der Waals surface area (Å²) in [6.07, 6.45) is 0. The number of aryl methyl sites for hydroxylation is 1. The molecule has 84 valence electrons. The molecular formula is C12H15N3O. The molecule has 0 saturated heterocycles. The smallest absolute Gasteiger partial charge is 0.126 e. The lowest BCUT2D eigenvalue weighted by molar-refractivity contribution is 0.416. The number of nitrogens with zero attached hydrogens (tertiary/aromatic N) is 1. The van der Waals surface area contributed by atoms with Crippen molar-refractivity contribution in [2.45, 2.75) is 13.5 Å². The predicted octanol–water partition coefficient (Wildman–Crippen LogP) is 1.85. The minimum Gasteiger partial charge on any atom is -0.496 e. The van der Waals surface area contributed by atoms with Crippen LogP contribution in [0.15, 0.2) is 24.3 Å². The van der Waals surface area contributed by atoms with E-state index in [4.69, 9.17) is 10.5 Å². The van der Waals surface area contributed by atoms with Crippen molar-refractivity contribution in [2.24, 2.45) is 5.73 Å². The van der Waals surface area contributed by atoms with Crippen LogP contribution in [0.2, 0.25) is 0 Å². The van der Waals surface area contributed by atoms with E-state index >= 15 is 0 Å². The summed E-state index contributed by atoms with van der Waals surface area (Å²) < 4.78 is 5.34. The highest BCUT2D eigenvalue weighted by atomic mass is 16.5. The van der Waals surface area contributed by atoms with Crippen LogP contribution in [0.4, 0.5) is 0 Å². The van der Waals surface area contributed by atoms with Gasteiger partial charge in [-0.2, -0.15) is 5.10 Å². The lowest BCUT2D eigenvalue weighted by Gasteiger charge is -2.08. The van der Waals surface area contributed by atoms with Crippen LogP contribution in [0, 0.1) is 6.92 Å². The number of nitrogens with one attached hydrogen (secondary N) is 1. The van der Waals surface area contributed by atoms with E-state index in [1.54, 1.807) is 7.11 Å². The van der Waals surface area contributed by atoms with Crippen molar-refractivity contribution in [3.05, 3.63) is 35.7 Å².